The molecule has 1 heterocycles. The third-order valence-electron chi connectivity index (χ3n) is 3.15. The summed E-state index contributed by atoms with van der Waals surface area (Å²) < 4.78 is 5.56. The Hall–Kier alpha value is -1.86. The molecule has 19 heavy (non-hydrogen) atoms. The number of nitrogens with zero attached hydrogens (tertiary/aromatic N) is 2. The van der Waals surface area contributed by atoms with Gasteiger partial charge in [-0.25, -0.2) is 0 Å². The van der Waals surface area contributed by atoms with Crippen molar-refractivity contribution in [2.75, 3.05) is 30.0 Å². The lowest BCUT2D eigenvalue weighted by Gasteiger charge is -2.24. The number of hydrogen-bond acceptors (Lipinski definition) is 6. The van der Waals surface area contributed by atoms with Crippen LogP contribution >= 0.6 is 0 Å². The van der Waals surface area contributed by atoms with Crippen LogP contribution in [-0.2, 0) is 4.74 Å². The molecule has 0 aromatic heterocycles. The van der Waals surface area contributed by atoms with E-state index in [-0.39, 0.29) is 11.8 Å². The maximum atomic E-state index is 11.3. The lowest BCUT2D eigenvalue weighted by Crippen LogP contribution is -2.30. The summed E-state index contributed by atoms with van der Waals surface area (Å²) in [5.74, 6) is 5.35. The number of benzene rings is 1. The number of para-hydroxylation sites is 1. The Morgan fingerprint density at radius 2 is 2.37 bits per heavy atom. The van der Waals surface area contributed by atoms with Gasteiger partial charge in [-0.1, -0.05) is 6.07 Å². The summed E-state index contributed by atoms with van der Waals surface area (Å²) in [5.41, 5.74) is 3.30. The highest BCUT2D eigenvalue weighted by molar-refractivity contribution is 5.76. The van der Waals surface area contributed by atoms with Crippen LogP contribution in [0.3, 0.4) is 0 Å². The Balaban J connectivity index is 2.40. The first kappa shape index (κ1) is 13.6. The third kappa shape index (κ3) is 2.94. The Labute approximate surface area is 111 Å². The van der Waals surface area contributed by atoms with Crippen LogP contribution < -0.4 is 16.2 Å². The van der Waals surface area contributed by atoms with Crippen molar-refractivity contribution in [3.63, 3.8) is 0 Å². The Morgan fingerprint density at radius 3 is 3.05 bits per heavy atom. The zero-order chi connectivity index (χ0) is 13.8. The number of ether oxygens (including phenoxy) is 1. The molecule has 1 saturated heterocycles. The number of hydrazine groups is 1. The molecule has 0 amide bonds. The molecule has 0 bridgehead atoms. The second-order valence-corrected chi connectivity index (χ2v) is 4.56. The topological polar surface area (TPSA) is 93.7 Å². The predicted octanol–water partition coefficient (Wildman–Crippen LogP) is 1.50. The first-order valence-electron chi connectivity index (χ1n) is 6.24. The van der Waals surface area contributed by atoms with Gasteiger partial charge in [-0.2, -0.15) is 0 Å². The summed E-state index contributed by atoms with van der Waals surface area (Å²) in [5, 5.41) is 11.3. The van der Waals surface area contributed by atoms with E-state index in [9.17, 15) is 10.1 Å². The summed E-state index contributed by atoms with van der Waals surface area (Å²) in [6, 6.07) is 5.10. The molecule has 2 rings (SSSR count). The van der Waals surface area contributed by atoms with Gasteiger partial charge < -0.3 is 15.1 Å². The average molecular weight is 266 g/mol. The largest absolute Gasteiger partial charge is 0.377 e. The Bertz CT molecular complexity index is 466. The van der Waals surface area contributed by atoms with E-state index in [1.54, 1.807) is 18.2 Å². The normalized spacial score (nSPS) is 19.9. The van der Waals surface area contributed by atoms with Gasteiger partial charge in [-0.15, -0.1) is 0 Å². The minimum Gasteiger partial charge on any atom is -0.377 e. The van der Waals surface area contributed by atoms with E-state index in [0.29, 0.717) is 24.5 Å². The molecule has 0 spiro atoms. The zero-order valence-electron chi connectivity index (χ0n) is 10.8. The van der Waals surface area contributed by atoms with E-state index >= 15 is 0 Å². The molecule has 1 aliphatic heterocycles. The summed E-state index contributed by atoms with van der Waals surface area (Å²) in [6.07, 6.45) is 0.901. The van der Waals surface area contributed by atoms with Crippen LogP contribution in [0.25, 0.3) is 0 Å². The van der Waals surface area contributed by atoms with Crippen molar-refractivity contribution in [3.05, 3.63) is 28.3 Å². The lowest BCUT2D eigenvalue weighted by atomic mass is 10.2. The highest BCUT2D eigenvalue weighted by atomic mass is 16.6. The van der Waals surface area contributed by atoms with Gasteiger partial charge in [0.05, 0.1) is 11.0 Å². The summed E-state index contributed by atoms with van der Waals surface area (Å²) in [7, 11) is 0. The van der Waals surface area contributed by atoms with Crippen molar-refractivity contribution in [1.82, 2.24) is 0 Å². The van der Waals surface area contributed by atoms with E-state index in [0.717, 1.165) is 13.0 Å². The third-order valence-corrected chi connectivity index (χ3v) is 3.15. The lowest BCUT2D eigenvalue weighted by molar-refractivity contribution is -0.383. The van der Waals surface area contributed by atoms with Crippen LogP contribution in [0.15, 0.2) is 18.2 Å². The molecule has 0 saturated carbocycles. The fraction of sp³-hybridized carbons (Fsp3) is 0.500. The molecule has 7 nitrogen and oxygen atoms in total. The number of nitrogens with one attached hydrogen (secondary N) is 1. The number of nitro benzene ring substituents is 1. The Morgan fingerprint density at radius 1 is 1.58 bits per heavy atom. The van der Waals surface area contributed by atoms with Crippen molar-refractivity contribution in [2.24, 2.45) is 5.84 Å². The number of nitrogen functional groups attached to an aromatic ring is 1. The summed E-state index contributed by atoms with van der Waals surface area (Å²) in [6.45, 7) is 4.02. The van der Waals surface area contributed by atoms with Crippen LogP contribution in [0.1, 0.15) is 13.3 Å². The number of nitro groups is 1. The number of nitrogens with two attached hydrogens (primary N) is 1. The van der Waals surface area contributed by atoms with Crippen molar-refractivity contribution in [1.29, 1.82) is 0 Å². The van der Waals surface area contributed by atoms with Gasteiger partial charge in [0, 0.05) is 19.7 Å². The second-order valence-electron chi connectivity index (χ2n) is 4.56. The van der Waals surface area contributed by atoms with Crippen LogP contribution in [0, 0.1) is 10.1 Å². The maximum absolute atomic E-state index is 11.3. The number of hydrogen-bond donors (Lipinski definition) is 2. The van der Waals surface area contributed by atoms with E-state index in [1.165, 1.54) is 0 Å². The predicted molar refractivity (Wildman–Crippen MR) is 73.2 cm³/mol. The molecular weight excluding hydrogens is 248 g/mol. The molecule has 1 aromatic carbocycles. The molecule has 1 aromatic rings. The van der Waals surface area contributed by atoms with Crippen molar-refractivity contribution < 1.29 is 9.66 Å². The smallest absolute Gasteiger partial charge is 0.316 e. The highest BCUT2D eigenvalue weighted by Gasteiger charge is 2.25. The molecule has 1 aliphatic rings. The monoisotopic (exact) mass is 266 g/mol. The molecule has 3 N–H and O–H groups in total. The molecule has 1 unspecified atom stereocenters. The fourth-order valence-corrected chi connectivity index (χ4v) is 2.31. The van der Waals surface area contributed by atoms with Crippen molar-refractivity contribution in [2.45, 2.75) is 19.4 Å². The van der Waals surface area contributed by atoms with Crippen LogP contribution in [0.2, 0.25) is 0 Å². The van der Waals surface area contributed by atoms with E-state index in [1.807, 2.05) is 11.8 Å². The average Bonchev–Trinajstić information content (AvgIpc) is 2.62. The SMILES string of the molecule is CC1CN(c2cccc(NN)c2[N+](=O)[O-])CCCO1. The number of anilines is 2. The molecule has 7 heteroatoms. The minimum absolute atomic E-state index is 0.0131. The Kier molecular flexibility index (Phi) is 4.18. The van der Waals surface area contributed by atoms with Gasteiger partial charge in [-0.3, -0.25) is 16.0 Å². The molecular formula is C12H18N4O3. The van der Waals surface area contributed by atoms with Gasteiger partial charge in [0.2, 0.25) is 0 Å². The number of rotatable bonds is 3. The maximum Gasteiger partial charge on any atom is 0.316 e. The van der Waals surface area contributed by atoms with Crippen molar-refractivity contribution >= 4 is 17.1 Å². The van der Waals surface area contributed by atoms with Gasteiger partial charge in [0.1, 0.15) is 11.4 Å². The standard InChI is InChI=1S/C12H18N4O3/c1-9-8-15(6-3-7-19-9)11-5-2-4-10(14-13)12(11)16(17)18/h2,4-5,9,14H,3,6-8,13H2,1H3. The van der Waals surface area contributed by atoms with E-state index in [2.05, 4.69) is 5.43 Å². The van der Waals surface area contributed by atoms with Crippen molar-refractivity contribution in [3.8, 4) is 0 Å². The van der Waals surface area contributed by atoms with E-state index < -0.39 is 4.92 Å². The molecule has 104 valence electrons. The minimum atomic E-state index is -0.402. The van der Waals surface area contributed by atoms with Gasteiger partial charge >= 0.3 is 5.69 Å². The van der Waals surface area contributed by atoms with Gasteiger partial charge in [-0.05, 0) is 25.5 Å². The first-order chi connectivity index (χ1) is 9.13. The highest BCUT2D eigenvalue weighted by Crippen LogP contribution is 2.35. The summed E-state index contributed by atoms with van der Waals surface area (Å²) in [4.78, 5) is 12.8. The molecule has 0 aliphatic carbocycles. The van der Waals surface area contributed by atoms with Crippen LogP contribution in [0.4, 0.5) is 17.1 Å². The van der Waals surface area contributed by atoms with Gasteiger partial charge in [0.15, 0.2) is 0 Å². The molecule has 1 fully saturated rings. The first-order valence-corrected chi connectivity index (χ1v) is 6.24. The van der Waals surface area contributed by atoms with Crippen LogP contribution in [0.5, 0.6) is 0 Å². The molecule has 1 atom stereocenters. The van der Waals surface area contributed by atoms with E-state index in [4.69, 9.17) is 10.6 Å². The second kappa shape index (κ2) is 5.85. The fourth-order valence-electron chi connectivity index (χ4n) is 2.31. The zero-order valence-corrected chi connectivity index (χ0v) is 10.8. The van der Waals surface area contributed by atoms with Gasteiger partial charge in [0.25, 0.3) is 0 Å². The quantitative estimate of drug-likeness (QED) is 0.489. The summed E-state index contributed by atoms with van der Waals surface area (Å²) >= 11 is 0. The molecule has 0 radical (unpaired) electrons. The van der Waals surface area contributed by atoms with Crippen LogP contribution in [-0.4, -0.2) is 30.7 Å².